The van der Waals surface area contributed by atoms with Gasteiger partial charge in [-0.05, 0) is 42.0 Å². The molecule has 0 saturated heterocycles. The van der Waals surface area contributed by atoms with Crippen LogP contribution in [0.2, 0.25) is 0 Å². The van der Waals surface area contributed by atoms with Crippen molar-refractivity contribution in [2.24, 2.45) is 10.2 Å². The molecule has 0 aromatic heterocycles. The number of hydrogen-bond donors (Lipinski definition) is 0. The Balaban J connectivity index is 1.91. The van der Waals surface area contributed by atoms with Crippen LogP contribution in [0.15, 0.2) is 58.5 Å². The summed E-state index contributed by atoms with van der Waals surface area (Å²) in [6.45, 7) is 3.33. The van der Waals surface area contributed by atoms with Crippen molar-refractivity contribution in [2.75, 3.05) is 7.11 Å². The molecule has 2 aromatic carbocycles. The summed E-state index contributed by atoms with van der Waals surface area (Å²) < 4.78 is 10.7. The zero-order valence-corrected chi connectivity index (χ0v) is 12.7. The number of fused-ring (bicyclic) bond motifs is 1. The Labute approximate surface area is 128 Å². The third-order valence-electron chi connectivity index (χ3n) is 3.54. The topological polar surface area (TPSA) is 60.3 Å². The summed E-state index contributed by atoms with van der Waals surface area (Å²) >= 11 is 0. The average Bonchev–Trinajstić information content (AvgIpc) is 2.77. The molecule has 5 nitrogen and oxygen atoms in total. The number of allylic oxidation sites excluding steroid dienone is 1. The van der Waals surface area contributed by atoms with E-state index in [1.807, 2.05) is 36.4 Å². The fourth-order valence-electron chi connectivity index (χ4n) is 2.34. The number of methoxy groups -OCH3 is 1. The minimum atomic E-state index is -1.26. The standard InChI is InChI=1S/C17H16N2O3/c1-11-8-16(20)17(2,22-11)19-18-14-6-4-12-5-7-15(21-3)10-13(12)9-14/h4-10H,1-3H3/b19-18+. The van der Waals surface area contributed by atoms with Crippen molar-refractivity contribution in [3.05, 3.63) is 48.2 Å². The van der Waals surface area contributed by atoms with Crippen LogP contribution in [0.3, 0.4) is 0 Å². The second-order valence-corrected chi connectivity index (χ2v) is 5.30. The second kappa shape index (κ2) is 5.26. The number of nitrogens with zero attached hydrogens (tertiary/aromatic N) is 2. The van der Waals surface area contributed by atoms with Crippen LogP contribution in [0.4, 0.5) is 5.69 Å². The first-order valence-corrected chi connectivity index (χ1v) is 6.93. The molecule has 3 rings (SSSR count). The van der Waals surface area contributed by atoms with E-state index in [1.54, 1.807) is 21.0 Å². The molecule has 1 aliphatic heterocycles. The quantitative estimate of drug-likeness (QED) is 0.799. The van der Waals surface area contributed by atoms with Gasteiger partial charge in [-0.1, -0.05) is 12.1 Å². The molecule has 1 aliphatic rings. The number of azo groups is 1. The minimum Gasteiger partial charge on any atom is -0.497 e. The van der Waals surface area contributed by atoms with E-state index in [4.69, 9.17) is 9.47 Å². The Bertz CT molecular complexity index is 811. The molecule has 1 unspecified atom stereocenters. The molecule has 0 saturated carbocycles. The first-order valence-electron chi connectivity index (χ1n) is 6.93. The number of ketones is 1. The van der Waals surface area contributed by atoms with Gasteiger partial charge in [0.25, 0.3) is 5.72 Å². The highest BCUT2D eigenvalue weighted by Crippen LogP contribution is 2.29. The third-order valence-corrected chi connectivity index (χ3v) is 3.54. The predicted molar refractivity (Wildman–Crippen MR) is 83.3 cm³/mol. The minimum absolute atomic E-state index is 0.198. The molecular formula is C17H16N2O3. The highest BCUT2D eigenvalue weighted by molar-refractivity contribution is 5.98. The normalized spacial score (nSPS) is 21.2. The van der Waals surface area contributed by atoms with E-state index in [0.717, 1.165) is 16.5 Å². The first-order chi connectivity index (χ1) is 10.5. The second-order valence-electron chi connectivity index (χ2n) is 5.30. The van der Waals surface area contributed by atoms with Gasteiger partial charge in [0.1, 0.15) is 11.5 Å². The van der Waals surface area contributed by atoms with Crippen molar-refractivity contribution in [1.29, 1.82) is 0 Å². The number of carbonyl (C=O) groups excluding carboxylic acids is 1. The smallest absolute Gasteiger partial charge is 0.278 e. The van der Waals surface area contributed by atoms with Crippen LogP contribution < -0.4 is 4.74 Å². The molecular weight excluding hydrogens is 280 g/mol. The molecule has 0 N–H and O–H groups in total. The van der Waals surface area contributed by atoms with Gasteiger partial charge in [0.15, 0.2) is 0 Å². The fraction of sp³-hybridized carbons (Fsp3) is 0.235. The molecule has 1 atom stereocenters. The Morgan fingerprint density at radius 2 is 1.91 bits per heavy atom. The predicted octanol–water partition coefficient (Wildman–Crippen LogP) is 4.15. The lowest BCUT2D eigenvalue weighted by molar-refractivity contribution is -0.128. The summed E-state index contributed by atoms with van der Waals surface area (Å²) in [5, 5.41) is 10.3. The van der Waals surface area contributed by atoms with Crippen molar-refractivity contribution in [2.45, 2.75) is 19.6 Å². The lowest BCUT2D eigenvalue weighted by Gasteiger charge is -2.16. The maximum Gasteiger partial charge on any atom is 0.278 e. The van der Waals surface area contributed by atoms with E-state index >= 15 is 0 Å². The maximum absolute atomic E-state index is 11.9. The number of rotatable bonds is 3. The monoisotopic (exact) mass is 296 g/mol. The van der Waals surface area contributed by atoms with Gasteiger partial charge in [-0.25, -0.2) is 0 Å². The number of benzene rings is 2. The van der Waals surface area contributed by atoms with Gasteiger partial charge in [-0.3, -0.25) is 4.79 Å². The van der Waals surface area contributed by atoms with Crippen LogP contribution in [0.5, 0.6) is 5.75 Å². The number of hydrogen-bond acceptors (Lipinski definition) is 5. The molecule has 2 aromatic rings. The Morgan fingerprint density at radius 3 is 2.59 bits per heavy atom. The molecule has 0 bridgehead atoms. The zero-order valence-electron chi connectivity index (χ0n) is 12.7. The van der Waals surface area contributed by atoms with E-state index in [-0.39, 0.29) is 5.78 Å². The summed E-state index contributed by atoms with van der Waals surface area (Å²) in [4.78, 5) is 11.9. The Kier molecular flexibility index (Phi) is 3.41. The SMILES string of the molecule is COc1ccc2ccc(/N=N/C3(C)OC(C)=CC3=O)cc2c1. The van der Waals surface area contributed by atoms with Crippen LogP contribution in [0.25, 0.3) is 10.8 Å². The molecule has 0 spiro atoms. The van der Waals surface area contributed by atoms with Crippen molar-refractivity contribution >= 4 is 22.2 Å². The third kappa shape index (κ3) is 2.57. The molecule has 0 amide bonds. The van der Waals surface area contributed by atoms with Crippen molar-refractivity contribution in [3.8, 4) is 5.75 Å². The lowest BCUT2D eigenvalue weighted by Crippen LogP contribution is -2.29. The van der Waals surface area contributed by atoms with Crippen molar-refractivity contribution < 1.29 is 14.3 Å². The first kappa shape index (κ1) is 14.3. The molecule has 0 radical (unpaired) electrons. The highest BCUT2D eigenvalue weighted by Gasteiger charge is 2.39. The Morgan fingerprint density at radius 1 is 1.14 bits per heavy atom. The van der Waals surface area contributed by atoms with E-state index in [2.05, 4.69) is 10.2 Å². The van der Waals surface area contributed by atoms with E-state index < -0.39 is 5.72 Å². The molecule has 22 heavy (non-hydrogen) atoms. The fourth-order valence-corrected chi connectivity index (χ4v) is 2.34. The molecule has 5 heteroatoms. The largest absolute Gasteiger partial charge is 0.497 e. The maximum atomic E-state index is 11.9. The number of carbonyl (C=O) groups is 1. The van der Waals surface area contributed by atoms with E-state index in [0.29, 0.717) is 11.4 Å². The summed E-state index contributed by atoms with van der Waals surface area (Å²) in [7, 11) is 1.63. The van der Waals surface area contributed by atoms with Gasteiger partial charge in [-0.15, -0.1) is 5.11 Å². The summed E-state index contributed by atoms with van der Waals surface area (Å²) in [6, 6.07) is 11.5. The van der Waals surface area contributed by atoms with Crippen LogP contribution >= 0.6 is 0 Å². The summed E-state index contributed by atoms with van der Waals surface area (Å²) in [6.07, 6.45) is 1.43. The van der Waals surface area contributed by atoms with Gasteiger partial charge in [0.2, 0.25) is 5.78 Å². The van der Waals surface area contributed by atoms with Crippen LogP contribution in [-0.2, 0) is 9.53 Å². The van der Waals surface area contributed by atoms with Crippen LogP contribution in [0.1, 0.15) is 13.8 Å². The van der Waals surface area contributed by atoms with E-state index in [9.17, 15) is 4.79 Å². The highest BCUT2D eigenvalue weighted by atomic mass is 16.5. The lowest BCUT2D eigenvalue weighted by atomic mass is 10.1. The van der Waals surface area contributed by atoms with Crippen molar-refractivity contribution in [1.82, 2.24) is 0 Å². The van der Waals surface area contributed by atoms with Crippen LogP contribution in [-0.4, -0.2) is 18.6 Å². The summed E-state index contributed by atoms with van der Waals surface area (Å²) in [5.74, 6) is 1.13. The average molecular weight is 296 g/mol. The molecule has 0 aliphatic carbocycles. The van der Waals surface area contributed by atoms with Crippen molar-refractivity contribution in [3.63, 3.8) is 0 Å². The molecule has 1 heterocycles. The van der Waals surface area contributed by atoms with Gasteiger partial charge >= 0.3 is 0 Å². The van der Waals surface area contributed by atoms with Gasteiger partial charge in [0.05, 0.1) is 12.8 Å². The Hall–Kier alpha value is -2.69. The van der Waals surface area contributed by atoms with Gasteiger partial charge in [0, 0.05) is 13.0 Å². The zero-order chi connectivity index (χ0) is 15.7. The van der Waals surface area contributed by atoms with Gasteiger partial charge < -0.3 is 9.47 Å². The molecule has 112 valence electrons. The van der Waals surface area contributed by atoms with Gasteiger partial charge in [-0.2, -0.15) is 5.11 Å². The van der Waals surface area contributed by atoms with E-state index in [1.165, 1.54) is 6.08 Å². The summed E-state index contributed by atoms with van der Waals surface area (Å²) in [5.41, 5.74) is -0.601. The molecule has 0 fully saturated rings. The number of ether oxygens (including phenoxy) is 2. The van der Waals surface area contributed by atoms with Crippen LogP contribution in [0, 0.1) is 0 Å².